The van der Waals surface area contributed by atoms with Crippen LogP contribution in [0.1, 0.15) is 12.6 Å². The number of esters is 1. The summed E-state index contributed by atoms with van der Waals surface area (Å²) in [6.45, 7) is 1.82. The van der Waals surface area contributed by atoms with Crippen LogP contribution in [-0.4, -0.2) is 57.6 Å². The summed E-state index contributed by atoms with van der Waals surface area (Å²) in [6, 6.07) is 4.84. The Morgan fingerprint density at radius 2 is 2.06 bits per heavy atom. The van der Waals surface area contributed by atoms with Gasteiger partial charge in [-0.1, -0.05) is 0 Å². The fourth-order valence-electron chi connectivity index (χ4n) is 3.07. The number of carbonyl (C=O) groups excluding carboxylic acids is 3. The van der Waals surface area contributed by atoms with Crippen molar-refractivity contribution in [1.29, 1.82) is 0 Å². The molecule has 4 rings (SSSR count). The molecule has 0 bridgehead atoms. The Hall–Kier alpha value is -3.64. The third-order valence-electron chi connectivity index (χ3n) is 4.74. The monoisotopic (exact) mass is 473 g/mol. The highest BCUT2D eigenvalue weighted by atomic mass is 32.1. The van der Waals surface area contributed by atoms with Gasteiger partial charge in [-0.2, -0.15) is 0 Å². The highest BCUT2D eigenvalue weighted by Crippen LogP contribution is 2.26. The molecule has 2 aromatic heterocycles. The Balaban J connectivity index is 1.42. The Morgan fingerprint density at radius 1 is 1.27 bits per heavy atom. The topological polar surface area (TPSA) is 139 Å². The molecule has 3 atom stereocenters. The first-order valence-electron chi connectivity index (χ1n) is 10.1. The van der Waals surface area contributed by atoms with Gasteiger partial charge in [-0.15, -0.1) is 11.3 Å². The molecule has 2 amide bonds. The van der Waals surface area contributed by atoms with Crippen molar-refractivity contribution in [1.82, 2.24) is 20.3 Å². The minimum Gasteiger partial charge on any atom is -0.464 e. The van der Waals surface area contributed by atoms with Crippen LogP contribution in [0.2, 0.25) is 0 Å². The number of aromatic nitrogens is 3. The second-order valence-electron chi connectivity index (χ2n) is 7.09. The van der Waals surface area contributed by atoms with Gasteiger partial charge in [0.25, 0.3) is 5.91 Å². The smallest absolute Gasteiger partial charge is 0.338 e. The summed E-state index contributed by atoms with van der Waals surface area (Å²) in [5.41, 5.74) is 1.83. The largest absolute Gasteiger partial charge is 0.464 e. The Bertz CT molecular complexity index is 1130. The summed E-state index contributed by atoms with van der Waals surface area (Å²) < 4.78 is 23.1. The molecular formula is C21H20FN5O5S. The Labute approximate surface area is 191 Å². The summed E-state index contributed by atoms with van der Waals surface area (Å²) in [6.07, 6.45) is 1.19. The summed E-state index contributed by atoms with van der Waals surface area (Å²) in [4.78, 5) is 48.5. The number of rotatable bonds is 9. The minimum atomic E-state index is -1.01. The molecule has 3 N–H and O–H groups in total. The molecule has 1 aromatic carbocycles. The normalized spacial score (nSPS) is 17.8. The number of anilines is 1. The summed E-state index contributed by atoms with van der Waals surface area (Å²) >= 11 is 1.19. The van der Waals surface area contributed by atoms with Crippen molar-refractivity contribution in [3.8, 4) is 11.3 Å². The zero-order chi connectivity index (χ0) is 23.4. The maximum absolute atomic E-state index is 13.1. The number of H-pyrrole nitrogens is 1. The van der Waals surface area contributed by atoms with Crippen LogP contribution in [0.5, 0.6) is 0 Å². The number of aromatic amines is 1. The van der Waals surface area contributed by atoms with E-state index >= 15 is 0 Å². The zero-order valence-corrected chi connectivity index (χ0v) is 18.2. The fraction of sp³-hybridized carbons (Fsp3) is 0.286. The van der Waals surface area contributed by atoms with Crippen molar-refractivity contribution in [2.45, 2.75) is 31.6 Å². The molecule has 1 aliphatic rings. The predicted octanol–water partition coefficient (Wildman–Crippen LogP) is 1.67. The quantitative estimate of drug-likeness (QED) is 0.317. The highest BCUT2D eigenvalue weighted by molar-refractivity contribution is 7.14. The molecule has 0 radical (unpaired) electrons. The average Bonchev–Trinajstić information content (AvgIpc) is 3.19. The minimum absolute atomic E-state index is 0.105. The molecule has 0 spiro atoms. The van der Waals surface area contributed by atoms with Crippen molar-refractivity contribution >= 4 is 34.3 Å². The second kappa shape index (κ2) is 9.88. The van der Waals surface area contributed by atoms with Gasteiger partial charge < -0.3 is 25.1 Å². The number of halogens is 1. The summed E-state index contributed by atoms with van der Waals surface area (Å²) in [5.74, 6) is -2.10. The molecule has 1 unspecified atom stereocenters. The van der Waals surface area contributed by atoms with Crippen LogP contribution in [0.15, 0.2) is 42.2 Å². The van der Waals surface area contributed by atoms with Crippen molar-refractivity contribution in [2.24, 2.45) is 0 Å². The van der Waals surface area contributed by atoms with Gasteiger partial charge in [0.1, 0.15) is 11.9 Å². The molecular weight excluding hydrogens is 453 g/mol. The molecule has 3 aromatic rings. The Morgan fingerprint density at radius 3 is 2.76 bits per heavy atom. The van der Waals surface area contributed by atoms with Gasteiger partial charge in [0, 0.05) is 23.6 Å². The van der Waals surface area contributed by atoms with Crippen LogP contribution in [0.25, 0.3) is 11.3 Å². The molecule has 10 nitrogen and oxygen atoms in total. The van der Waals surface area contributed by atoms with Gasteiger partial charge in [-0.3, -0.25) is 9.59 Å². The first-order valence-corrected chi connectivity index (χ1v) is 10.9. The van der Waals surface area contributed by atoms with Crippen LogP contribution in [-0.2, 0) is 30.3 Å². The van der Waals surface area contributed by atoms with Gasteiger partial charge in [0.2, 0.25) is 5.91 Å². The van der Waals surface area contributed by atoms with E-state index in [2.05, 4.69) is 25.6 Å². The Kier molecular flexibility index (Phi) is 6.75. The lowest BCUT2D eigenvalue weighted by Crippen LogP contribution is -2.47. The number of benzene rings is 1. The molecule has 1 fully saturated rings. The number of amides is 2. The number of carbonyl (C=O) groups is 3. The fourth-order valence-corrected chi connectivity index (χ4v) is 3.79. The standard InChI is InChI=1S/C21H20FN5O5S/c1-2-31-20(30)17-16(32-17)19(29)25-14(7-13-8-23-10-24-13)18(28)27-21-26-15(9-33-21)11-3-5-12(22)6-4-11/h3-6,8-10,14,16-17H,2,7H2,1H3,(H,23,24)(H,25,29)(H,26,27,28)/t14?,16-,17-/m1/s1. The summed E-state index contributed by atoms with van der Waals surface area (Å²) in [7, 11) is 0. The van der Waals surface area contributed by atoms with Crippen LogP contribution >= 0.6 is 11.3 Å². The van der Waals surface area contributed by atoms with Crippen LogP contribution in [0.3, 0.4) is 0 Å². The molecule has 0 aliphatic carbocycles. The molecule has 33 heavy (non-hydrogen) atoms. The number of imidazole rings is 1. The van der Waals surface area contributed by atoms with Gasteiger partial charge in [-0.05, 0) is 31.2 Å². The van der Waals surface area contributed by atoms with E-state index in [1.807, 2.05) is 0 Å². The molecule has 172 valence electrons. The zero-order valence-electron chi connectivity index (χ0n) is 17.4. The highest BCUT2D eigenvalue weighted by Gasteiger charge is 2.52. The number of hydrogen-bond donors (Lipinski definition) is 3. The lowest BCUT2D eigenvalue weighted by Gasteiger charge is -2.16. The molecule has 12 heteroatoms. The van der Waals surface area contributed by atoms with Crippen LogP contribution in [0.4, 0.5) is 9.52 Å². The maximum Gasteiger partial charge on any atom is 0.338 e. The SMILES string of the molecule is CCOC(=O)[C@@H]1O[C@H]1C(=O)NC(Cc1c[nH]cn1)C(=O)Nc1nc(-c2ccc(F)cc2)cs1. The van der Waals surface area contributed by atoms with E-state index in [0.29, 0.717) is 22.1 Å². The van der Waals surface area contributed by atoms with E-state index in [0.717, 1.165) is 0 Å². The van der Waals surface area contributed by atoms with Crippen LogP contribution < -0.4 is 10.6 Å². The lowest BCUT2D eigenvalue weighted by molar-refractivity contribution is -0.144. The molecule has 3 heterocycles. The third kappa shape index (κ3) is 5.59. The second-order valence-corrected chi connectivity index (χ2v) is 7.95. The van der Waals surface area contributed by atoms with Crippen LogP contribution in [0, 0.1) is 5.82 Å². The molecule has 1 saturated heterocycles. The van der Waals surface area contributed by atoms with Crippen molar-refractivity contribution in [2.75, 3.05) is 11.9 Å². The number of hydrogen-bond acceptors (Lipinski definition) is 8. The lowest BCUT2D eigenvalue weighted by atomic mass is 10.1. The van der Waals surface area contributed by atoms with Crippen molar-refractivity contribution < 1.29 is 28.2 Å². The molecule has 1 aliphatic heterocycles. The van der Waals surface area contributed by atoms with Crippen molar-refractivity contribution in [3.63, 3.8) is 0 Å². The number of epoxide rings is 1. The number of nitrogens with one attached hydrogen (secondary N) is 3. The van der Waals surface area contributed by atoms with Gasteiger partial charge >= 0.3 is 5.97 Å². The van der Waals surface area contributed by atoms with E-state index < -0.39 is 36.0 Å². The van der Waals surface area contributed by atoms with Crippen molar-refractivity contribution in [3.05, 3.63) is 53.7 Å². The summed E-state index contributed by atoms with van der Waals surface area (Å²) in [5, 5.41) is 7.33. The van der Waals surface area contributed by atoms with E-state index in [-0.39, 0.29) is 18.8 Å². The van der Waals surface area contributed by atoms with Gasteiger partial charge in [0.05, 0.1) is 24.3 Å². The number of ether oxygens (including phenoxy) is 2. The predicted molar refractivity (Wildman–Crippen MR) is 116 cm³/mol. The van der Waals surface area contributed by atoms with E-state index in [1.54, 1.807) is 30.6 Å². The van der Waals surface area contributed by atoms with Gasteiger partial charge in [-0.25, -0.2) is 19.2 Å². The van der Waals surface area contributed by atoms with E-state index in [1.165, 1.54) is 29.8 Å². The van der Waals surface area contributed by atoms with E-state index in [9.17, 15) is 18.8 Å². The first-order chi connectivity index (χ1) is 15.9. The first kappa shape index (κ1) is 22.6. The third-order valence-corrected chi connectivity index (χ3v) is 5.50. The molecule has 0 saturated carbocycles. The number of nitrogens with zero attached hydrogens (tertiary/aromatic N) is 2. The van der Waals surface area contributed by atoms with Gasteiger partial charge in [0.15, 0.2) is 17.3 Å². The average molecular weight is 473 g/mol. The maximum atomic E-state index is 13.1. The van der Waals surface area contributed by atoms with E-state index in [4.69, 9.17) is 9.47 Å². The number of thiazole rings is 1.